The summed E-state index contributed by atoms with van der Waals surface area (Å²) in [5.74, 6) is 1.45. The number of nitrogens with zero attached hydrogens (tertiary/aromatic N) is 4. The van der Waals surface area contributed by atoms with Gasteiger partial charge in [-0.25, -0.2) is 9.97 Å². The SMILES string of the molecule is CCC(=O)c1cnc(NC(=O)C2CC2)cc1Nc1cccc(-c2ncn(CC)n2)c1OC. The second-order valence-electron chi connectivity index (χ2n) is 7.59. The van der Waals surface area contributed by atoms with Crippen LogP contribution in [-0.2, 0) is 11.3 Å². The number of ketones is 1. The lowest BCUT2D eigenvalue weighted by atomic mass is 10.1. The number of nitrogens with one attached hydrogen (secondary N) is 2. The standard InChI is InChI=1S/C23H26N6O3/c1-4-19(30)16-12-24-20(27-23(31)14-9-10-14)11-18(16)26-17-8-6-7-15(21(17)32-3)22-25-13-29(5-2)28-22/h6-8,11-14H,4-5,9-10H2,1-3H3,(H2,24,26,27,31). The van der Waals surface area contributed by atoms with E-state index >= 15 is 0 Å². The molecule has 1 amide bonds. The number of Topliss-reactive ketones (excluding diaryl/α,β-unsaturated/α-hetero) is 1. The van der Waals surface area contributed by atoms with Crippen molar-refractivity contribution in [1.82, 2.24) is 19.7 Å². The fraction of sp³-hybridized carbons (Fsp3) is 0.348. The monoisotopic (exact) mass is 434 g/mol. The van der Waals surface area contributed by atoms with E-state index in [0.29, 0.717) is 47.3 Å². The van der Waals surface area contributed by atoms with Crippen LogP contribution in [0, 0.1) is 5.92 Å². The van der Waals surface area contributed by atoms with Crippen LogP contribution < -0.4 is 15.4 Å². The van der Waals surface area contributed by atoms with E-state index in [-0.39, 0.29) is 17.6 Å². The second kappa shape index (κ2) is 9.17. The number of aryl methyl sites for hydroxylation is 1. The van der Waals surface area contributed by atoms with Crippen LogP contribution in [0.2, 0.25) is 0 Å². The number of anilines is 3. The fourth-order valence-electron chi connectivity index (χ4n) is 3.36. The normalized spacial score (nSPS) is 13.0. The molecule has 9 nitrogen and oxygen atoms in total. The Bertz CT molecular complexity index is 1150. The van der Waals surface area contributed by atoms with Crippen LogP contribution in [0.4, 0.5) is 17.2 Å². The summed E-state index contributed by atoms with van der Waals surface area (Å²) in [6.45, 7) is 4.50. The van der Waals surface area contributed by atoms with Crippen LogP contribution in [0.25, 0.3) is 11.4 Å². The van der Waals surface area contributed by atoms with Crippen LogP contribution >= 0.6 is 0 Å². The predicted octanol–water partition coefficient (Wildman–Crippen LogP) is 4.05. The number of carbonyl (C=O) groups is 2. The highest BCUT2D eigenvalue weighted by molar-refractivity contribution is 6.03. The van der Waals surface area contributed by atoms with Gasteiger partial charge in [-0.05, 0) is 31.9 Å². The van der Waals surface area contributed by atoms with Gasteiger partial charge in [-0.1, -0.05) is 13.0 Å². The number of hydrogen-bond acceptors (Lipinski definition) is 7. The van der Waals surface area contributed by atoms with Crippen molar-refractivity contribution < 1.29 is 14.3 Å². The van der Waals surface area contributed by atoms with Crippen LogP contribution in [-0.4, -0.2) is 38.5 Å². The molecule has 3 aromatic rings. The zero-order valence-corrected chi connectivity index (χ0v) is 18.4. The molecular weight excluding hydrogens is 408 g/mol. The largest absolute Gasteiger partial charge is 0.494 e. The van der Waals surface area contributed by atoms with Crippen LogP contribution in [0.1, 0.15) is 43.5 Å². The molecule has 0 saturated heterocycles. The lowest BCUT2D eigenvalue weighted by Crippen LogP contribution is -2.15. The number of aromatic nitrogens is 4. The minimum atomic E-state index is -0.0569. The third-order valence-electron chi connectivity index (χ3n) is 5.31. The molecule has 0 radical (unpaired) electrons. The lowest BCUT2D eigenvalue weighted by molar-refractivity contribution is -0.117. The lowest BCUT2D eigenvalue weighted by Gasteiger charge is -2.16. The highest BCUT2D eigenvalue weighted by Crippen LogP contribution is 2.37. The highest BCUT2D eigenvalue weighted by Gasteiger charge is 2.30. The smallest absolute Gasteiger partial charge is 0.228 e. The molecule has 0 spiro atoms. The van der Waals surface area contributed by atoms with E-state index in [1.165, 1.54) is 6.20 Å². The molecule has 32 heavy (non-hydrogen) atoms. The Kier molecular flexibility index (Phi) is 6.16. The summed E-state index contributed by atoms with van der Waals surface area (Å²) in [7, 11) is 1.58. The topological polar surface area (TPSA) is 111 Å². The van der Waals surface area contributed by atoms with Gasteiger partial charge in [0.1, 0.15) is 12.1 Å². The molecule has 2 heterocycles. The molecule has 0 bridgehead atoms. The first kappa shape index (κ1) is 21.5. The molecule has 1 aromatic carbocycles. The number of methoxy groups -OCH3 is 1. The van der Waals surface area contributed by atoms with E-state index < -0.39 is 0 Å². The first-order chi connectivity index (χ1) is 15.5. The Morgan fingerprint density at radius 2 is 2.00 bits per heavy atom. The van der Waals surface area contributed by atoms with Crippen LogP contribution in [0.3, 0.4) is 0 Å². The van der Waals surface area contributed by atoms with Crippen molar-refractivity contribution >= 4 is 28.9 Å². The summed E-state index contributed by atoms with van der Waals surface area (Å²) in [6.07, 6.45) is 5.30. The third-order valence-corrected chi connectivity index (χ3v) is 5.31. The Hall–Kier alpha value is -3.75. The number of benzene rings is 1. The maximum atomic E-state index is 12.5. The summed E-state index contributed by atoms with van der Waals surface area (Å²) in [4.78, 5) is 33.4. The molecule has 1 aliphatic rings. The van der Waals surface area contributed by atoms with Gasteiger partial charge in [0, 0.05) is 31.1 Å². The van der Waals surface area contributed by atoms with E-state index in [1.807, 2.05) is 25.1 Å². The van der Waals surface area contributed by atoms with Crippen molar-refractivity contribution in [2.24, 2.45) is 5.92 Å². The number of pyridine rings is 1. The van der Waals surface area contributed by atoms with E-state index in [0.717, 1.165) is 18.4 Å². The molecule has 1 saturated carbocycles. The summed E-state index contributed by atoms with van der Waals surface area (Å²) < 4.78 is 7.43. The fourth-order valence-corrected chi connectivity index (χ4v) is 3.36. The van der Waals surface area contributed by atoms with Gasteiger partial charge in [0.15, 0.2) is 17.4 Å². The Morgan fingerprint density at radius 1 is 1.19 bits per heavy atom. The van der Waals surface area contributed by atoms with Gasteiger partial charge in [-0.15, -0.1) is 0 Å². The number of rotatable bonds is 9. The molecule has 0 aliphatic heterocycles. The van der Waals surface area contributed by atoms with Gasteiger partial charge in [0.05, 0.1) is 29.6 Å². The Labute approximate surface area is 186 Å². The van der Waals surface area contributed by atoms with E-state index in [1.54, 1.807) is 31.1 Å². The van der Waals surface area contributed by atoms with E-state index in [4.69, 9.17) is 4.74 Å². The number of amides is 1. The van der Waals surface area contributed by atoms with Gasteiger partial charge >= 0.3 is 0 Å². The zero-order chi connectivity index (χ0) is 22.7. The number of carbonyl (C=O) groups excluding carboxylic acids is 2. The maximum Gasteiger partial charge on any atom is 0.228 e. The average molecular weight is 435 g/mol. The quantitative estimate of drug-likeness (QED) is 0.489. The number of hydrogen-bond donors (Lipinski definition) is 2. The zero-order valence-electron chi connectivity index (χ0n) is 18.4. The third kappa shape index (κ3) is 4.46. The molecule has 0 atom stereocenters. The summed E-state index contributed by atoms with van der Waals surface area (Å²) in [5.41, 5.74) is 2.36. The minimum absolute atomic E-state index is 0.0461. The van der Waals surface area contributed by atoms with Crippen LogP contribution in [0.15, 0.2) is 36.8 Å². The van der Waals surface area contributed by atoms with Crippen molar-refractivity contribution in [3.63, 3.8) is 0 Å². The summed E-state index contributed by atoms with van der Waals surface area (Å²) in [5, 5.41) is 10.6. The Morgan fingerprint density at radius 3 is 2.66 bits per heavy atom. The second-order valence-corrected chi connectivity index (χ2v) is 7.59. The minimum Gasteiger partial charge on any atom is -0.494 e. The van der Waals surface area contributed by atoms with Crippen molar-refractivity contribution in [3.8, 4) is 17.1 Å². The van der Waals surface area contributed by atoms with Gasteiger partial charge in [-0.3, -0.25) is 14.3 Å². The van der Waals surface area contributed by atoms with Gasteiger partial charge in [-0.2, -0.15) is 5.10 Å². The molecule has 4 rings (SSSR count). The van der Waals surface area contributed by atoms with Gasteiger partial charge in [0.25, 0.3) is 0 Å². The molecule has 166 valence electrons. The average Bonchev–Trinajstić information content (AvgIpc) is 3.56. The molecule has 2 N–H and O–H groups in total. The van der Waals surface area contributed by atoms with Gasteiger partial charge < -0.3 is 15.4 Å². The van der Waals surface area contributed by atoms with Crippen molar-refractivity contribution in [2.75, 3.05) is 17.7 Å². The number of ether oxygens (including phenoxy) is 1. The molecule has 2 aromatic heterocycles. The predicted molar refractivity (Wildman–Crippen MR) is 121 cm³/mol. The molecule has 1 aliphatic carbocycles. The molecule has 0 unspecified atom stereocenters. The van der Waals surface area contributed by atoms with Crippen molar-refractivity contribution in [3.05, 3.63) is 42.4 Å². The maximum absolute atomic E-state index is 12.5. The first-order valence-electron chi connectivity index (χ1n) is 10.7. The molecule has 1 fully saturated rings. The first-order valence-corrected chi connectivity index (χ1v) is 10.7. The van der Waals surface area contributed by atoms with Crippen molar-refractivity contribution in [1.29, 1.82) is 0 Å². The Balaban J connectivity index is 1.70. The number of para-hydroxylation sites is 1. The summed E-state index contributed by atoms with van der Waals surface area (Å²) in [6, 6.07) is 7.28. The van der Waals surface area contributed by atoms with E-state index in [2.05, 4.69) is 25.7 Å². The van der Waals surface area contributed by atoms with Crippen molar-refractivity contribution in [2.45, 2.75) is 39.7 Å². The van der Waals surface area contributed by atoms with Gasteiger partial charge in [0.2, 0.25) is 5.91 Å². The van der Waals surface area contributed by atoms with Crippen LogP contribution in [0.5, 0.6) is 5.75 Å². The molecule has 9 heteroatoms. The highest BCUT2D eigenvalue weighted by atomic mass is 16.5. The van der Waals surface area contributed by atoms with E-state index in [9.17, 15) is 9.59 Å². The summed E-state index contributed by atoms with van der Waals surface area (Å²) >= 11 is 0. The molecular formula is C23H26N6O3.